The molecule has 0 aliphatic heterocycles. The zero-order chi connectivity index (χ0) is 36.8. The Morgan fingerprint density at radius 3 is 0.694 bits per heavy atom. The molecule has 3 aliphatic carbocycles. The molecule has 0 spiro atoms. The maximum Gasteiger partial charge on any atom is 0.126 e. The fourth-order valence-corrected chi connectivity index (χ4v) is 6.25. The predicted octanol–water partition coefficient (Wildman–Crippen LogP) is 15.8. The molecule has 6 rings (SSSR count). The minimum absolute atomic E-state index is 0. The highest BCUT2D eigenvalue weighted by molar-refractivity contribution is 5.22. The van der Waals surface area contributed by atoms with E-state index in [0.29, 0.717) is 5.56 Å². The summed E-state index contributed by atoms with van der Waals surface area (Å²) in [5, 5.41) is 0. The summed E-state index contributed by atoms with van der Waals surface area (Å²) in [7, 11) is 0. The van der Waals surface area contributed by atoms with Crippen LogP contribution >= 0.6 is 0 Å². The largest absolute Gasteiger partial charge is 0.207 e. The van der Waals surface area contributed by atoms with Crippen LogP contribution < -0.4 is 0 Å². The summed E-state index contributed by atoms with van der Waals surface area (Å²) in [5.74, 6) is 6.00. The molecule has 0 radical (unpaired) electrons. The zero-order valence-electron chi connectivity index (χ0n) is 34.2. The van der Waals surface area contributed by atoms with Crippen LogP contribution in [-0.4, -0.2) is 0 Å². The van der Waals surface area contributed by atoms with Crippen LogP contribution in [0.4, 0.5) is 4.39 Å². The molecule has 3 fully saturated rings. The fourth-order valence-electron chi connectivity index (χ4n) is 6.25. The lowest BCUT2D eigenvalue weighted by molar-refractivity contribution is 0.308. The predicted molar refractivity (Wildman–Crippen MR) is 220 cm³/mol. The minimum Gasteiger partial charge on any atom is -0.207 e. The summed E-state index contributed by atoms with van der Waals surface area (Å²) in [4.78, 5) is 0. The van der Waals surface area contributed by atoms with Crippen LogP contribution in [0.1, 0.15) is 153 Å². The third-order valence-corrected chi connectivity index (χ3v) is 10.7. The molecule has 0 amide bonds. The quantitative estimate of drug-likeness (QED) is 0.222. The van der Waals surface area contributed by atoms with Crippen molar-refractivity contribution in [1.29, 1.82) is 0 Å². The first-order valence-corrected chi connectivity index (χ1v) is 19.9. The molecular weight excluding hydrogens is 596 g/mol. The summed E-state index contributed by atoms with van der Waals surface area (Å²) in [5.41, 5.74) is 7.00. The maximum absolute atomic E-state index is 12.6. The first-order chi connectivity index (χ1) is 23.1. The van der Waals surface area contributed by atoms with Crippen molar-refractivity contribution in [2.45, 2.75) is 160 Å². The van der Waals surface area contributed by atoms with Crippen molar-refractivity contribution >= 4 is 0 Å². The van der Waals surface area contributed by atoms with Gasteiger partial charge in [0.2, 0.25) is 0 Å². The minimum atomic E-state index is -0.116. The Hall–Kier alpha value is -2.41. The van der Waals surface area contributed by atoms with Gasteiger partial charge in [-0.2, -0.15) is 0 Å². The highest BCUT2D eigenvalue weighted by Crippen LogP contribution is 2.28. The third kappa shape index (κ3) is 23.6. The van der Waals surface area contributed by atoms with E-state index in [-0.39, 0.29) is 7.24 Å². The van der Waals surface area contributed by atoms with E-state index in [1.54, 1.807) is 13.0 Å². The second-order valence-corrected chi connectivity index (χ2v) is 16.7. The Balaban J connectivity index is 0.000000574. The van der Waals surface area contributed by atoms with Gasteiger partial charge in [0.1, 0.15) is 5.82 Å². The van der Waals surface area contributed by atoms with Crippen molar-refractivity contribution in [3.63, 3.8) is 0 Å². The normalized spacial score (nSPS) is 24.3. The maximum atomic E-state index is 12.6. The van der Waals surface area contributed by atoms with Crippen molar-refractivity contribution in [2.75, 3.05) is 0 Å². The SMILES string of the molecule is CC1CCC(C)CC1.CC1CCC(C)CC1.CC1CCC(C)CC1.Cc1ccc(C)c(F)c1.Cc1ccc(C)cc1.Cc1ccc(C)cc1.[2HH]. The summed E-state index contributed by atoms with van der Waals surface area (Å²) >= 11 is 0. The van der Waals surface area contributed by atoms with Crippen LogP contribution in [0.5, 0.6) is 0 Å². The Labute approximate surface area is 306 Å². The van der Waals surface area contributed by atoms with E-state index in [9.17, 15) is 4.39 Å². The number of halogens is 1. The molecule has 3 aromatic carbocycles. The molecule has 0 unspecified atom stereocenters. The van der Waals surface area contributed by atoms with Crippen molar-refractivity contribution in [3.05, 3.63) is 106 Å². The number of benzene rings is 3. The van der Waals surface area contributed by atoms with Crippen molar-refractivity contribution in [3.8, 4) is 0 Å². The summed E-state index contributed by atoms with van der Waals surface area (Å²) in [6.07, 6.45) is 17.7. The molecule has 0 nitrogen and oxygen atoms in total. The van der Waals surface area contributed by atoms with Gasteiger partial charge in [-0.1, -0.05) is 202 Å². The lowest BCUT2D eigenvalue weighted by Gasteiger charge is -2.22. The molecule has 0 heterocycles. The van der Waals surface area contributed by atoms with Gasteiger partial charge in [0.05, 0.1) is 0 Å². The first kappa shape index (κ1) is 44.6. The van der Waals surface area contributed by atoms with Gasteiger partial charge in [0.15, 0.2) is 0 Å². The molecule has 3 saturated carbocycles. The van der Waals surface area contributed by atoms with Crippen LogP contribution in [0.2, 0.25) is 0 Å². The Morgan fingerprint density at radius 2 is 0.531 bits per heavy atom. The van der Waals surface area contributed by atoms with Crippen molar-refractivity contribution in [2.24, 2.45) is 35.5 Å². The monoisotopic (exact) mass is 676 g/mol. The van der Waals surface area contributed by atoms with Crippen LogP contribution in [0.25, 0.3) is 0 Å². The third-order valence-electron chi connectivity index (χ3n) is 10.7. The molecule has 49 heavy (non-hydrogen) atoms. The van der Waals surface area contributed by atoms with Gasteiger partial charge in [-0.05, 0) is 94.2 Å². The number of hydrogen-bond acceptors (Lipinski definition) is 0. The number of hydrogen-bond donors (Lipinski definition) is 0. The fraction of sp³-hybridized carbons (Fsp3) is 0.625. The lowest BCUT2D eigenvalue weighted by atomic mass is 9.84. The molecule has 0 bridgehead atoms. The molecule has 0 N–H and O–H groups in total. The first-order valence-electron chi connectivity index (χ1n) is 19.9. The highest BCUT2D eigenvalue weighted by Gasteiger charge is 2.14. The van der Waals surface area contributed by atoms with Gasteiger partial charge in [-0.15, -0.1) is 0 Å². The summed E-state index contributed by atoms with van der Waals surface area (Å²) < 4.78 is 12.6. The van der Waals surface area contributed by atoms with Gasteiger partial charge in [0.25, 0.3) is 0 Å². The van der Waals surface area contributed by atoms with Crippen LogP contribution in [0, 0.1) is 82.9 Å². The second-order valence-electron chi connectivity index (χ2n) is 16.7. The molecule has 0 atom stereocenters. The van der Waals surface area contributed by atoms with Crippen LogP contribution in [-0.2, 0) is 0 Å². The topological polar surface area (TPSA) is 0 Å². The van der Waals surface area contributed by atoms with E-state index >= 15 is 0 Å². The smallest absolute Gasteiger partial charge is 0.126 e. The van der Waals surface area contributed by atoms with Gasteiger partial charge in [-0.3, -0.25) is 0 Å². The van der Waals surface area contributed by atoms with E-state index in [1.807, 2.05) is 13.0 Å². The highest BCUT2D eigenvalue weighted by atomic mass is 19.1. The molecule has 1 heteroatoms. The Morgan fingerprint density at radius 1 is 0.347 bits per heavy atom. The Kier molecular flexibility index (Phi) is 23.2. The van der Waals surface area contributed by atoms with Crippen molar-refractivity contribution < 1.29 is 5.82 Å². The van der Waals surface area contributed by atoms with E-state index in [1.165, 1.54) is 105 Å². The van der Waals surface area contributed by atoms with Gasteiger partial charge >= 0.3 is 0 Å². The summed E-state index contributed by atoms with van der Waals surface area (Å²) in [6.45, 7) is 26.2. The van der Waals surface area contributed by atoms with Crippen LogP contribution in [0.3, 0.4) is 0 Å². The molecule has 278 valence electrons. The standard InChI is InChI=1S/C8H9F.3C8H16.2C8H10.H2/c1-6-3-4-7(2)8(9)5-6;5*1-7-3-5-8(2)6-4-7;/h3-5H,1-2H3;3*7-8H,3-6H2,1-2H3;2*3-6H,1-2H3;1H/i;;;;;;1+1. The zero-order valence-corrected chi connectivity index (χ0v) is 34.2. The van der Waals surface area contributed by atoms with Gasteiger partial charge in [0, 0.05) is 1.43 Å². The van der Waals surface area contributed by atoms with E-state index in [0.717, 1.165) is 41.1 Å². The average molecular weight is 676 g/mol. The molecule has 0 aromatic heterocycles. The molecule has 3 aliphatic rings. The van der Waals surface area contributed by atoms with Crippen molar-refractivity contribution in [1.82, 2.24) is 0 Å². The summed E-state index contributed by atoms with van der Waals surface area (Å²) in [6, 6.07) is 22.2. The second kappa shape index (κ2) is 25.5. The lowest BCUT2D eigenvalue weighted by Crippen LogP contribution is -2.08. The number of rotatable bonds is 0. The average Bonchev–Trinajstić information content (AvgIpc) is 3.08. The van der Waals surface area contributed by atoms with E-state index in [4.69, 9.17) is 0 Å². The van der Waals surface area contributed by atoms with E-state index in [2.05, 4.69) is 118 Å². The molecular formula is C48H79F. The Bertz CT molecular complexity index is 1040. The van der Waals surface area contributed by atoms with Crippen LogP contribution in [0.15, 0.2) is 66.7 Å². The molecule has 3 aromatic rings. The van der Waals surface area contributed by atoms with Gasteiger partial charge in [-0.25, -0.2) is 4.39 Å². The van der Waals surface area contributed by atoms with Gasteiger partial charge < -0.3 is 0 Å². The number of aryl methyl sites for hydroxylation is 6. The molecule has 0 saturated heterocycles. The van der Waals surface area contributed by atoms with E-state index < -0.39 is 0 Å².